The lowest BCUT2D eigenvalue weighted by molar-refractivity contribution is -0.120. The van der Waals surface area contributed by atoms with E-state index in [4.69, 9.17) is 16.3 Å². The molecule has 0 atom stereocenters. The number of alkyl carbamates (subject to hydrolysis) is 1. The number of hydrogen-bond acceptors (Lipinski definition) is 3. The van der Waals surface area contributed by atoms with Crippen LogP contribution >= 0.6 is 11.6 Å². The summed E-state index contributed by atoms with van der Waals surface area (Å²) in [7, 11) is 0. The van der Waals surface area contributed by atoms with E-state index < -0.39 is 17.2 Å². The summed E-state index contributed by atoms with van der Waals surface area (Å²) >= 11 is 6.04. The van der Waals surface area contributed by atoms with Crippen molar-refractivity contribution in [3.63, 3.8) is 0 Å². The number of carbonyl (C=O) groups excluding carboxylic acids is 2. The quantitative estimate of drug-likeness (QED) is 0.864. The smallest absolute Gasteiger partial charge is 0.408 e. The van der Waals surface area contributed by atoms with Gasteiger partial charge >= 0.3 is 6.09 Å². The Balaban J connectivity index is 2.47. The summed E-state index contributed by atoms with van der Waals surface area (Å²) in [6.45, 7) is 9.30. The summed E-state index contributed by atoms with van der Waals surface area (Å²) in [6.07, 6.45) is -0.315. The standard InChI is InChI=1S/C17H25ClN2O3/c1-16(2,3)23-15(22)20-17(4,5)11-19-14(21)10-12-8-6-7-9-13(12)18/h6-9H,10-11H2,1-5H3,(H,19,21)(H,20,22). The Labute approximate surface area is 142 Å². The van der Waals surface area contributed by atoms with E-state index in [-0.39, 0.29) is 18.9 Å². The largest absolute Gasteiger partial charge is 0.444 e. The summed E-state index contributed by atoms with van der Waals surface area (Å²) in [4.78, 5) is 23.8. The molecule has 1 aromatic carbocycles. The maximum Gasteiger partial charge on any atom is 0.408 e. The first-order valence-electron chi connectivity index (χ1n) is 7.50. The van der Waals surface area contributed by atoms with Crippen molar-refractivity contribution < 1.29 is 14.3 Å². The average Bonchev–Trinajstić information content (AvgIpc) is 2.36. The highest BCUT2D eigenvalue weighted by Gasteiger charge is 2.25. The van der Waals surface area contributed by atoms with Gasteiger partial charge in [0.1, 0.15) is 5.60 Å². The van der Waals surface area contributed by atoms with Crippen molar-refractivity contribution in [1.29, 1.82) is 0 Å². The lowest BCUT2D eigenvalue weighted by Gasteiger charge is -2.28. The highest BCUT2D eigenvalue weighted by atomic mass is 35.5. The van der Waals surface area contributed by atoms with E-state index in [9.17, 15) is 9.59 Å². The molecule has 0 aliphatic heterocycles. The molecule has 128 valence electrons. The predicted octanol–water partition coefficient (Wildman–Crippen LogP) is 3.30. The van der Waals surface area contributed by atoms with Gasteiger partial charge in [0.25, 0.3) is 0 Å². The second-order valence-electron chi connectivity index (χ2n) is 7.06. The molecule has 6 heteroatoms. The third-order valence-corrected chi connectivity index (χ3v) is 3.24. The molecule has 0 aromatic heterocycles. The Morgan fingerprint density at radius 2 is 1.74 bits per heavy atom. The summed E-state index contributed by atoms with van der Waals surface area (Å²) in [6, 6.07) is 7.21. The fourth-order valence-electron chi connectivity index (χ4n) is 1.82. The third kappa shape index (κ3) is 7.88. The van der Waals surface area contributed by atoms with Gasteiger partial charge in [-0.05, 0) is 46.2 Å². The van der Waals surface area contributed by atoms with Crippen LogP contribution in [0, 0.1) is 0 Å². The van der Waals surface area contributed by atoms with Crippen LogP contribution < -0.4 is 10.6 Å². The second kappa shape index (κ2) is 7.68. The molecule has 2 amide bonds. The molecule has 1 rings (SSSR count). The number of nitrogens with one attached hydrogen (secondary N) is 2. The fourth-order valence-corrected chi connectivity index (χ4v) is 2.02. The lowest BCUT2D eigenvalue weighted by Crippen LogP contribution is -2.52. The van der Waals surface area contributed by atoms with Gasteiger partial charge < -0.3 is 15.4 Å². The molecule has 0 fully saturated rings. The molecule has 0 radical (unpaired) electrons. The first-order chi connectivity index (χ1) is 10.5. The van der Waals surface area contributed by atoms with E-state index >= 15 is 0 Å². The Morgan fingerprint density at radius 1 is 1.13 bits per heavy atom. The minimum Gasteiger partial charge on any atom is -0.444 e. The summed E-state index contributed by atoms with van der Waals surface area (Å²) in [5, 5.41) is 6.10. The highest BCUT2D eigenvalue weighted by molar-refractivity contribution is 6.31. The average molecular weight is 341 g/mol. The second-order valence-corrected chi connectivity index (χ2v) is 7.46. The molecule has 23 heavy (non-hydrogen) atoms. The number of carbonyl (C=O) groups is 2. The highest BCUT2D eigenvalue weighted by Crippen LogP contribution is 2.15. The van der Waals surface area contributed by atoms with Crippen LogP contribution in [0.15, 0.2) is 24.3 Å². The van der Waals surface area contributed by atoms with Crippen molar-refractivity contribution in [3.8, 4) is 0 Å². The number of ether oxygens (including phenoxy) is 1. The van der Waals surface area contributed by atoms with Crippen LogP contribution in [0.3, 0.4) is 0 Å². The fraction of sp³-hybridized carbons (Fsp3) is 0.529. The molecule has 0 spiro atoms. The van der Waals surface area contributed by atoms with Gasteiger partial charge in [-0.2, -0.15) is 0 Å². The van der Waals surface area contributed by atoms with Crippen LogP contribution in [0.1, 0.15) is 40.2 Å². The molecule has 0 saturated heterocycles. The van der Waals surface area contributed by atoms with E-state index in [0.29, 0.717) is 5.02 Å². The van der Waals surface area contributed by atoms with Crippen LogP contribution in [0.2, 0.25) is 5.02 Å². The maximum absolute atomic E-state index is 12.0. The number of hydrogen-bond donors (Lipinski definition) is 2. The summed E-state index contributed by atoms with van der Waals surface area (Å²) in [5.41, 5.74) is -0.420. The normalized spacial score (nSPS) is 11.7. The monoisotopic (exact) mass is 340 g/mol. The van der Waals surface area contributed by atoms with Crippen LogP contribution in [0.25, 0.3) is 0 Å². The first kappa shape index (κ1) is 19.3. The van der Waals surface area contributed by atoms with E-state index in [2.05, 4.69) is 10.6 Å². The van der Waals surface area contributed by atoms with Gasteiger partial charge in [-0.15, -0.1) is 0 Å². The van der Waals surface area contributed by atoms with Crippen molar-refractivity contribution in [2.24, 2.45) is 0 Å². The minimum absolute atomic E-state index is 0.155. The third-order valence-electron chi connectivity index (χ3n) is 2.88. The molecule has 5 nitrogen and oxygen atoms in total. The van der Waals surface area contributed by atoms with Crippen molar-refractivity contribution >= 4 is 23.6 Å². The zero-order valence-corrected chi connectivity index (χ0v) is 15.1. The predicted molar refractivity (Wildman–Crippen MR) is 91.6 cm³/mol. The Morgan fingerprint density at radius 3 is 2.30 bits per heavy atom. The van der Waals surface area contributed by atoms with Gasteiger partial charge in [-0.1, -0.05) is 29.8 Å². The number of benzene rings is 1. The molecule has 0 unspecified atom stereocenters. The van der Waals surface area contributed by atoms with Crippen LogP contribution in [0.4, 0.5) is 4.79 Å². The molecular weight excluding hydrogens is 316 g/mol. The summed E-state index contributed by atoms with van der Waals surface area (Å²) in [5.74, 6) is -0.155. The Hall–Kier alpha value is -1.75. The van der Waals surface area contributed by atoms with Crippen molar-refractivity contribution in [2.45, 2.75) is 52.2 Å². The van der Waals surface area contributed by atoms with Gasteiger partial charge in [0.2, 0.25) is 5.91 Å². The SMILES string of the molecule is CC(C)(CNC(=O)Cc1ccccc1Cl)NC(=O)OC(C)(C)C. The van der Waals surface area contributed by atoms with E-state index in [1.165, 1.54) is 0 Å². The molecule has 0 heterocycles. The number of amides is 2. The summed E-state index contributed by atoms with van der Waals surface area (Å²) < 4.78 is 5.21. The Bertz CT molecular complexity index is 565. The lowest BCUT2D eigenvalue weighted by atomic mass is 10.1. The van der Waals surface area contributed by atoms with Crippen LogP contribution in [-0.2, 0) is 16.0 Å². The maximum atomic E-state index is 12.0. The minimum atomic E-state index is -0.627. The first-order valence-corrected chi connectivity index (χ1v) is 7.88. The van der Waals surface area contributed by atoms with E-state index in [1.54, 1.807) is 26.8 Å². The number of halogens is 1. The van der Waals surface area contributed by atoms with Gasteiger partial charge in [0, 0.05) is 11.6 Å². The molecule has 0 aliphatic rings. The van der Waals surface area contributed by atoms with Gasteiger partial charge in [0.05, 0.1) is 12.0 Å². The molecule has 2 N–H and O–H groups in total. The van der Waals surface area contributed by atoms with Crippen molar-refractivity contribution in [2.75, 3.05) is 6.54 Å². The molecular formula is C17H25ClN2O3. The number of rotatable bonds is 5. The van der Waals surface area contributed by atoms with Gasteiger partial charge in [-0.3, -0.25) is 4.79 Å². The van der Waals surface area contributed by atoms with Crippen molar-refractivity contribution in [1.82, 2.24) is 10.6 Å². The zero-order valence-electron chi connectivity index (χ0n) is 14.3. The van der Waals surface area contributed by atoms with Crippen molar-refractivity contribution in [3.05, 3.63) is 34.9 Å². The van der Waals surface area contributed by atoms with Crippen LogP contribution in [0.5, 0.6) is 0 Å². The Kier molecular flexibility index (Phi) is 6.45. The molecule has 1 aromatic rings. The zero-order chi connectivity index (χ0) is 17.7. The molecule has 0 saturated carbocycles. The van der Waals surface area contributed by atoms with Gasteiger partial charge in [0.15, 0.2) is 0 Å². The van der Waals surface area contributed by atoms with E-state index in [1.807, 2.05) is 32.0 Å². The molecule has 0 bridgehead atoms. The molecule has 0 aliphatic carbocycles. The van der Waals surface area contributed by atoms with E-state index in [0.717, 1.165) is 5.56 Å². The topological polar surface area (TPSA) is 67.4 Å². The van der Waals surface area contributed by atoms with Crippen LogP contribution in [-0.4, -0.2) is 29.7 Å². The van der Waals surface area contributed by atoms with Gasteiger partial charge in [-0.25, -0.2) is 4.79 Å².